The van der Waals surface area contributed by atoms with E-state index in [2.05, 4.69) is 75.5 Å². The van der Waals surface area contributed by atoms with Crippen molar-refractivity contribution in [3.63, 3.8) is 0 Å². The topological polar surface area (TPSA) is 0 Å². The molecule has 0 amide bonds. The van der Waals surface area contributed by atoms with Crippen molar-refractivity contribution in [1.29, 1.82) is 0 Å². The SMILES string of the molecule is CC[PH+](CC)CC.CC[PH+](CC)CC.[Ni][Br].[c-]1ccccc1. The van der Waals surface area contributed by atoms with Crippen LogP contribution in [0.15, 0.2) is 30.3 Å². The normalized spacial score (nSPS) is 9.05. The largest absolute Gasteiger partial charge is 0.184 e. The molecule has 0 unspecified atom stereocenters. The van der Waals surface area contributed by atoms with Gasteiger partial charge in [-0.15, -0.1) is 0 Å². The van der Waals surface area contributed by atoms with Crippen molar-refractivity contribution in [1.82, 2.24) is 0 Å². The monoisotopic (exact) mass is 452 g/mol. The predicted octanol–water partition coefficient (Wildman–Crippen LogP) is 6.85. The van der Waals surface area contributed by atoms with Crippen molar-refractivity contribution in [3.05, 3.63) is 36.4 Å². The molecule has 0 saturated carbocycles. The fourth-order valence-corrected chi connectivity index (χ4v) is 4.84. The predicted molar refractivity (Wildman–Crippen MR) is 114 cm³/mol. The minimum absolute atomic E-state index is 0.137. The summed E-state index contributed by atoms with van der Waals surface area (Å²) in [6.07, 6.45) is 8.74. The van der Waals surface area contributed by atoms with E-state index in [1.54, 1.807) is 0 Å². The Morgan fingerprint density at radius 1 is 0.636 bits per heavy atom. The van der Waals surface area contributed by atoms with Gasteiger partial charge in [0.2, 0.25) is 0 Å². The maximum atomic E-state index is 3.69. The molecule has 0 aromatic heterocycles. The number of halogens is 1. The first-order valence-corrected chi connectivity index (χ1v) is 15.1. The molecule has 0 bridgehead atoms. The second-order valence-electron chi connectivity index (χ2n) is 4.70. The van der Waals surface area contributed by atoms with E-state index in [1.165, 1.54) is 37.0 Å². The maximum Gasteiger partial charge on any atom is -0.171 e. The molecule has 4 heteroatoms. The summed E-state index contributed by atoms with van der Waals surface area (Å²) in [4.78, 5) is 0. The van der Waals surface area contributed by atoms with Crippen LogP contribution in [0.25, 0.3) is 0 Å². The minimum atomic E-state index is 0.137. The zero-order chi connectivity index (χ0) is 17.6. The zero-order valence-electron chi connectivity index (χ0n) is 15.3. The van der Waals surface area contributed by atoms with Crippen molar-refractivity contribution >= 4 is 30.1 Å². The van der Waals surface area contributed by atoms with Crippen molar-refractivity contribution < 1.29 is 13.7 Å². The molecule has 1 rings (SSSR count). The molecule has 1 aromatic rings. The zero-order valence-corrected chi connectivity index (χ0v) is 19.9. The molecule has 0 aliphatic heterocycles. The molecule has 0 saturated heterocycles. The summed E-state index contributed by atoms with van der Waals surface area (Å²) in [5, 5.41) is 0. The third kappa shape index (κ3) is 23.3. The molecule has 0 aliphatic rings. The van der Waals surface area contributed by atoms with Gasteiger partial charge < -0.3 is 0 Å². The molecule has 0 fully saturated rings. The number of hydrogen-bond acceptors (Lipinski definition) is 0. The molecule has 0 N–H and O–H groups in total. The van der Waals surface area contributed by atoms with Crippen LogP contribution in [0.1, 0.15) is 41.5 Å². The summed E-state index contributed by atoms with van der Waals surface area (Å²) < 4.78 is 0. The Morgan fingerprint density at radius 2 is 0.909 bits per heavy atom. The van der Waals surface area contributed by atoms with Gasteiger partial charge in [0.15, 0.2) is 0 Å². The van der Waals surface area contributed by atoms with E-state index in [-0.39, 0.29) is 15.8 Å². The first kappa shape index (κ1) is 27.9. The van der Waals surface area contributed by atoms with Gasteiger partial charge >= 0.3 is 27.9 Å². The van der Waals surface area contributed by atoms with Crippen LogP contribution in [0.2, 0.25) is 0 Å². The van der Waals surface area contributed by atoms with Crippen molar-refractivity contribution in [2.45, 2.75) is 41.5 Å². The summed E-state index contributed by atoms with van der Waals surface area (Å²) >= 11 is 6.25. The van der Waals surface area contributed by atoms with E-state index in [1.807, 2.05) is 30.3 Å². The van der Waals surface area contributed by atoms with Crippen LogP contribution >= 0.6 is 30.1 Å². The van der Waals surface area contributed by atoms with E-state index in [0.29, 0.717) is 0 Å². The van der Waals surface area contributed by atoms with Gasteiger partial charge in [0.05, 0.1) is 37.0 Å². The molecular weight excluding hydrogens is 417 g/mol. The average molecular weight is 454 g/mol. The van der Waals surface area contributed by atoms with Crippen molar-refractivity contribution in [3.8, 4) is 0 Å². The number of hydrogen-bond donors (Lipinski definition) is 0. The minimum Gasteiger partial charge on any atom is -0.184 e. The van der Waals surface area contributed by atoms with E-state index >= 15 is 0 Å². The van der Waals surface area contributed by atoms with Gasteiger partial charge in [-0.25, -0.2) is 0 Å². The van der Waals surface area contributed by atoms with Gasteiger partial charge in [0.25, 0.3) is 0 Å². The van der Waals surface area contributed by atoms with Crippen LogP contribution in [0.3, 0.4) is 0 Å². The van der Waals surface area contributed by atoms with Crippen LogP contribution in [0, 0.1) is 6.07 Å². The van der Waals surface area contributed by atoms with Gasteiger partial charge in [-0.2, -0.15) is 36.4 Å². The quantitative estimate of drug-likeness (QED) is 0.251. The molecule has 0 aliphatic carbocycles. The summed E-state index contributed by atoms with van der Waals surface area (Å²) in [7, 11) is 0.275. The molecule has 22 heavy (non-hydrogen) atoms. The average Bonchev–Trinajstić information content (AvgIpc) is 2.62. The number of benzene rings is 1. The van der Waals surface area contributed by atoms with Crippen LogP contribution in [0.5, 0.6) is 0 Å². The fraction of sp³-hybridized carbons (Fsp3) is 0.667. The third-order valence-electron chi connectivity index (χ3n) is 3.61. The smallest absolute Gasteiger partial charge is 0.171 e. The number of rotatable bonds is 6. The second kappa shape index (κ2) is 26.9. The molecule has 135 valence electrons. The molecule has 0 atom stereocenters. The Hall–Kier alpha value is 1.05. The molecule has 0 nitrogen and oxygen atoms in total. The van der Waals surface area contributed by atoms with E-state index in [0.717, 1.165) is 0 Å². The van der Waals surface area contributed by atoms with Crippen LogP contribution in [0.4, 0.5) is 0 Å². The standard InChI is InChI=1S/2C6H15P.C6H5.BrH.Ni/c2*1-4-7(5-2)6-3;1-2-4-6-5-3-1;;/h2*4-6H2,1-3H3;1-5H;1H;/q;;-1;;+1/p+1. The van der Waals surface area contributed by atoms with E-state index in [9.17, 15) is 0 Å². The summed E-state index contributed by atoms with van der Waals surface area (Å²) in [6, 6.07) is 12.5. The Bertz CT molecular complexity index is 203. The summed E-state index contributed by atoms with van der Waals surface area (Å²) in [5.41, 5.74) is 0. The van der Waals surface area contributed by atoms with E-state index in [4.69, 9.17) is 0 Å². The van der Waals surface area contributed by atoms with Gasteiger partial charge in [0.1, 0.15) is 0 Å². The Morgan fingerprint density at radius 3 is 0.955 bits per heavy atom. The Labute approximate surface area is 158 Å². The van der Waals surface area contributed by atoms with Gasteiger partial charge in [-0.3, -0.25) is 0 Å². The molecule has 0 heterocycles. The molecule has 0 spiro atoms. The van der Waals surface area contributed by atoms with Crippen molar-refractivity contribution in [2.24, 2.45) is 0 Å². The molecule has 1 aromatic carbocycles. The summed E-state index contributed by atoms with van der Waals surface area (Å²) in [5.74, 6) is 0. The first-order valence-electron chi connectivity index (χ1n) is 8.39. The molecule has 0 radical (unpaired) electrons. The van der Waals surface area contributed by atoms with Crippen LogP contribution in [-0.4, -0.2) is 37.0 Å². The van der Waals surface area contributed by atoms with Crippen molar-refractivity contribution in [2.75, 3.05) is 37.0 Å². The fourth-order valence-electron chi connectivity index (χ4n) is 1.84. The first-order chi connectivity index (χ1) is 10.7. The Kier molecular flexibility index (Phi) is 34.1. The maximum absolute atomic E-state index is 3.69. The third-order valence-corrected chi connectivity index (χ3v) is 9.61. The Balaban J connectivity index is -0.000000233. The van der Waals surface area contributed by atoms with Gasteiger partial charge in [0, 0.05) is 0 Å². The second-order valence-corrected chi connectivity index (χ2v) is 11.9. The van der Waals surface area contributed by atoms with Crippen LogP contribution < -0.4 is 0 Å². The van der Waals surface area contributed by atoms with Gasteiger partial charge in [-0.05, 0) is 57.4 Å². The molecular formula is C18H37BrNiP2+. The van der Waals surface area contributed by atoms with E-state index < -0.39 is 0 Å². The van der Waals surface area contributed by atoms with Crippen LogP contribution in [-0.2, 0) is 13.7 Å². The van der Waals surface area contributed by atoms with Gasteiger partial charge in [-0.1, -0.05) is 0 Å². The summed E-state index contributed by atoms with van der Waals surface area (Å²) in [6.45, 7) is 13.8.